The van der Waals surface area contributed by atoms with Crippen LogP contribution in [0.5, 0.6) is 5.75 Å². The molecule has 0 fully saturated rings. The number of rotatable bonds is 11. The van der Waals surface area contributed by atoms with E-state index in [1.807, 2.05) is 43.3 Å². The summed E-state index contributed by atoms with van der Waals surface area (Å²) in [5.74, 6) is 1.89. The number of anilines is 1. The van der Waals surface area contributed by atoms with E-state index >= 15 is 0 Å². The molecule has 0 spiro atoms. The lowest BCUT2D eigenvalue weighted by Gasteiger charge is -2.28. The average Bonchev–Trinajstić information content (AvgIpc) is 3.28. The molecule has 1 aromatic heterocycles. The van der Waals surface area contributed by atoms with E-state index in [9.17, 15) is 4.79 Å². The topological polar surface area (TPSA) is 78.3 Å². The van der Waals surface area contributed by atoms with Crippen LogP contribution in [0, 0.1) is 6.92 Å². The lowest BCUT2D eigenvalue weighted by molar-refractivity contribution is -0.138. The summed E-state index contributed by atoms with van der Waals surface area (Å²) in [6, 6.07) is 15.5. The van der Waals surface area contributed by atoms with Crippen LogP contribution in [0.2, 0.25) is 0 Å². The number of hydrogen-bond acceptors (Lipinski definition) is 7. The number of fused-ring (bicyclic) bond motifs is 1. The summed E-state index contributed by atoms with van der Waals surface area (Å²) in [5.41, 5.74) is 4.41. The maximum atomic E-state index is 13.1. The number of unbranched alkanes of at least 4 members (excludes halogenated alkanes) is 1. The lowest BCUT2D eigenvalue weighted by Crippen LogP contribution is -2.29. The highest BCUT2D eigenvalue weighted by molar-refractivity contribution is 7.99. The Kier molecular flexibility index (Phi) is 8.48. The molecule has 1 unspecified atom stereocenters. The van der Waals surface area contributed by atoms with Crippen LogP contribution in [0.1, 0.15) is 49.4 Å². The number of thioether (sulfide) groups is 1. The Morgan fingerprint density at radius 2 is 1.97 bits per heavy atom. The fourth-order valence-electron chi connectivity index (χ4n) is 3.96. The Morgan fingerprint density at radius 3 is 2.69 bits per heavy atom. The van der Waals surface area contributed by atoms with E-state index in [-0.39, 0.29) is 6.61 Å². The third-order valence-electron chi connectivity index (χ3n) is 5.97. The molecule has 0 radical (unpaired) electrons. The zero-order chi connectivity index (χ0) is 25.5. The zero-order valence-corrected chi connectivity index (χ0v) is 21.8. The first-order chi connectivity index (χ1) is 17.5. The van der Waals surface area contributed by atoms with Gasteiger partial charge in [0.2, 0.25) is 11.1 Å². The molecule has 36 heavy (non-hydrogen) atoms. The van der Waals surface area contributed by atoms with E-state index in [2.05, 4.69) is 42.9 Å². The molecule has 0 bridgehead atoms. The summed E-state index contributed by atoms with van der Waals surface area (Å²) in [4.78, 5) is 17.7. The Morgan fingerprint density at radius 1 is 1.19 bits per heavy atom. The summed E-state index contributed by atoms with van der Waals surface area (Å²) in [5, 5.41) is 8.67. The molecule has 3 aromatic rings. The van der Waals surface area contributed by atoms with Crippen molar-refractivity contribution in [2.24, 2.45) is 0 Å². The molecule has 2 aromatic carbocycles. The molecule has 1 N–H and O–H groups in total. The van der Waals surface area contributed by atoms with Gasteiger partial charge in [-0.3, -0.25) is 0 Å². The van der Waals surface area contributed by atoms with Gasteiger partial charge in [0.05, 0.1) is 5.57 Å². The predicted molar refractivity (Wildman–Crippen MR) is 143 cm³/mol. The predicted octanol–water partition coefficient (Wildman–Crippen LogP) is 6.08. The van der Waals surface area contributed by atoms with Gasteiger partial charge in [-0.1, -0.05) is 74.2 Å². The first kappa shape index (κ1) is 25.6. The van der Waals surface area contributed by atoms with Gasteiger partial charge in [-0.25, -0.2) is 9.48 Å². The Labute approximate surface area is 216 Å². The summed E-state index contributed by atoms with van der Waals surface area (Å²) >= 11 is 1.62. The smallest absolute Gasteiger partial charge is 0.338 e. The van der Waals surface area contributed by atoms with Crippen molar-refractivity contribution in [2.75, 3.05) is 17.7 Å². The number of nitrogens with zero attached hydrogens (tertiary/aromatic N) is 3. The molecule has 1 aliphatic rings. The summed E-state index contributed by atoms with van der Waals surface area (Å²) < 4.78 is 13.2. The van der Waals surface area contributed by atoms with Crippen molar-refractivity contribution in [3.05, 3.63) is 89.1 Å². The van der Waals surface area contributed by atoms with Gasteiger partial charge in [-0.2, -0.15) is 4.98 Å². The van der Waals surface area contributed by atoms with Crippen LogP contribution >= 0.6 is 11.8 Å². The van der Waals surface area contributed by atoms with E-state index in [0.717, 1.165) is 35.5 Å². The van der Waals surface area contributed by atoms with E-state index in [1.54, 1.807) is 22.5 Å². The normalized spacial score (nSPS) is 14.7. The van der Waals surface area contributed by atoms with Gasteiger partial charge in [-0.15, -0.1) is 5.10 Å². The van der Waals surface area contributed by atoms with Crippen molar-refractivity contribution in [3.63, 3.8) is 0 Å². The van der Waals surface area contributed by atoms with Crippen LogP contribution in [-0.4, -0.2) is 33.1 Å². The molecule has 2 heterocycles. The van der Waals surface area contributed by atoms with Crippen molar-refractivity contribution in [1.29, 1.82) is 0 Å². The van der Waals surface area contributed by atoms with Gasteiger partial charge in [0.1, 0.15) is 25.0 Å². The molecule has 1 atom stereocenters. The summed E-state index contributed by atoms with van der Waals surface area (Å²) in [6.07, 6.45) is 3.76. The second-order valence-corrected chi connectivity index (χ2v) is 9.66. The minimum absolute atomic E-state index is 0.135. The molecule has 0 saturated heterocycles. The molecule has 188 valence electrons. The highest BCUT2D eigenvalue weighted by Crippen LogP contribution is 2.37. The van der Waals surface area contributed by atoms with E-state index in [0.29, 0.717) is 29.0 Å². The second-order valence-electron chi connectivity index (χ2n) is 8.60. The summed E-state index contributed by atoms with van der Waals surface area (Å²) in [6.45, 7) is 10.4. The number of aryl methyl sites for hydroxylation is 1. The van der Waals surface area contributed by atoms with Crippen LogP contribution in [-0.2, 0) is 16.1 Å². The van der Waals surface area contributed by atoms with Gasteiger partial charge in [0, 0.05) is 11.4 Å². The number of hydrogen-bond donors (Lipinski definition) is 1. The third kappa shape index (κ3) is 5.82. The minimum atomic E-state index is -0.475. The Bertz CT molecular complexity index is 1250. The number of nitrogens with one attached hydrogen (secondary N) is 1. The van der Waals surface area contributed by atoms with Crippen LogP contribution < -0.4 is 10.1 Å². The number of allylic oxidation sites excluding steroid dienone is 1. The number of esters is 1. The maximum Gasteiger partial charge on any atom is 0.338 e. The van der Waals surface area contributed by atoms with Crippen LogP contribution in [0.15, 0.2) is 77.6 Å². The first-order valence-corrected chi connectivity index (χ1v) is 13.1. The van der Waals surface area contributed by atoms with Crippen molar-refractivity contribution in [2.45, 2.75) is 51.4 Å². The molecule has 0 aliphatic carbocycles. The molecule has 4 rings (SSSR count). The van der Waals surface area contributed by atoms with Crippen molar-refractivity contribution in [3.8, 4) is 5.75 Å². The van der Waals surface area contributed by atoms with Crippen molar-refractivity contribution < 1.29 is 14.3 Å². The van der Waals surface area contributed by atoms with Crippen LogP contribution in [0.4, 0.5) is 5.95 Å². The molecule has 1 aliphatic heterocycles. The molecule has 7 nitrogen and oxygen atoms in total. The van der Waals surface area contributed by atoms with Gasteiger partial charge >= 0.3 is 5.97 Å². The van der Waals surface area contributed by atoms with Gasteiger partial charge in [-0.05, 0) is 49.1 Å². The molecule has 0 amide bonds. The maximum absolute atomic E-state index is 13.1. The van der Waals surface area contributed by atoms with Gasteiger partial charge in [0.25, 0.3) is 0 Å². The number of carbonyl (C=O) groups excluding carboxylic acids is 1. The zero-order valence-electron chi connectivity index (χ0n) is 21.0. The standard InChI is InChI=1S/C28H32N4O3S/c1-5-7-17-36-28-30-27-29-20(4)24(26(33)34-16-6-2)25(32(27)31-28)21-12-14-23(15-13-21)35-18-22-11-9-8-10-19(22)3/h6,8-15,25H,2,5,7,16-18H2,1,3-4H3,(H,29,30,31). The Balaban J connectivity index is 1.62. The highest BCUT2D eigenvalue weighted by atomic mass is 32.2. The molecule has 8 heteroatoms. The fourth-order valence-corrected chi connectivity index (χ4v) is 4.88. The number of aromatic nitrogens is 3. The molecular formula is C28H32N4O3S. The summed E-state index contributed by atoms with van der Waals surface area (Å²) in [7, 11) is 0. The molecular weight excluding hydrogens is 472 g/mol. The highest BCUT2D eigenvalue weighted by Gasteiger charge is 2.35. The lowest BCUT2D eigenvalue weighted by atomic mass is 9.96. The fraction of sp³-hybridized carbons (Fsp3) is 0.321. The quantitative estimate of drug-likeness (QED) is 0.147. The van der Waals surface area contributed by atoms with E-state index in [1.165, 1.54) is 5.56 Å². The van der Waals surface area contributed by atoms with Gasteiger partial charge < -0.3 is 14.8 Å². The minimum Gasteiger partial charge on any atom is -0.489 e. The number of benzene rings is 2. The van der Waals surface area contributed by atoms with Crippen molar-refractivity contribution >= 4 is 23.7 Å². The van der Waals surface area contributed by atoms with Gasteiger partial charge in [0.15, 0.2) is 0 Å². The first-order valence-electron chi connectivity index (χ1n) is 12.1. The van der Waals surface area contributed by atoms with Crippen molar-refractivity contribution in [1.82, 2.24) is 14.8 Å². The van der Waals surface area contributed by atoms with E-state index < -0.39 is 12.0 Å². The average molecular weight is 505 g/mol. The second kappa shape index (κ2) is 11.9. The third-order valence-corrected chi connectivity index (χ3v) is 6.89. The molecule has 0 saturated carbocycles. The SMILES string of the molecule is C=CCOC(=O)C1=C(C)Nc2nc(SCCCC)nn2C1c1ccc(OCc2ccccc2C)cc1. The Hall–Kier alpha value is -3.52. The number of carbonyl (C=O) groups is 1. The van der Waals surface area contributed by atoms with E-state index in [4.69, 9.17) is 14.6 Å². The van der Waals surface area contributed by atoms with Crippen LogP contribution in [0.25, 0.3) is 0 Å². The number of ether oxygens (including phenoxy) is 2. The monoisotopic (exact) mass is 504 g/mol. The largest absolute Gasteiger partial charge is 0.489 e. The van der Waals surface area contributed by atoms with Crippen LogP contribution in [0.3, 0.4) is 0 Å².